The van der Waals surface area contributed by atoms with Crippen LogP contribution in [0.4, 0.5) is 0 Å². The Morgan fingerprint density at radius 1 is 1.14 bits per heavy atom. The van der Waals surface area contributed by atoms with Gasteiger partial charge in [-0.15, -0.1) is 0 Å². The zero-order chi connectivity index (χ0) is 16.6. The molecular weight excluding hydrogens is 252 g/mol. The first-order valence-electron chi connectivity index (χ1n) is 8.83. The fraction of sp³-hybridized carbons (Fsp3) is 0.714. The summed E-state index contributed by atoms with van der Waals surface area (Å²) in [4.78, 5) is 0. The molecule has 0 saturated heterocycles. The van der Waals surface area contributed by atoms with Gasteiger partial charge in [0.2, 0.25) is 0 Å². The Morgan fingerprint density at radius 3 is 2.00 bits per heavy atom. The molecule has 0 aliphatic heterocycles. The van der Waals surface area contributed by atoms with Gasteiger partial charge in [0.1, 0.15) is 0 Å². The minimum absolute atomic E-state index is 0.270. The first-order chi connectivity index (χ1) is 9.83. The number of unbranched alkanes of at least 4 members (excludes halogenated alkanes) is 1. The lowest BCUT2D eigenvalue weighted by atomic mass is 9.58. The van der Waals surface area contributed by atoms with Crippen molar-refractivity contribution in [1.82, 2.24) is 0 Å². The summed E-state index contributed by atoms with van der Waals surface area (Å²) >= 11 is 0. The average Bonchev–Trinajstić information content (AvgIpc) is 2.49. The molecule has 0 aromatic carbocycles. The molecule has 0 saturated carbocycles. The van der Waals surface area contributed by atoms with E-state index in [1.165, 1.54) is 36.8 Å². The molecule has 122 valence electrons. The van der Waals surface area contributed by atoms with Crippen molar-refractivity contribution in [2.24, 2.45) is 23.2 Å². The van der Waals surface area contributed by atoms with E-state index >= 15 is 0 Å². The summed E-state index contributed by atoms with van der Waals surface area (Å²) in [6.45, 7) is 24.2. The van der Waals surface area contributed by atoms with E-state index in [0.29, 0.717) is 11.8 Å². The van der Waals surface area contributed by atoms with Gasteiger partial charge in [-0.1, -0.05) is 93.0 Å². The highest BCUT2D eigenvalue weighted by Crippen LogP contribution is 2.51. The van der Waals surface area contributed by atoms with Crippen LogP contribution in [-0.2, 0) is 0 Å². The molecule has 4 unspecified atom stereocenters. The third-order valence-corrected chi connectivity index (χ3v) is 5.64. The molecular formula is C21H38. The zero-order valence-electron chi connectivity index (χ0n) is 15.6. The first-order valence-corrected chi connectivity index (χ1v) is 8.83. The fourth-order valence-corrected chi connectivity index (χ4v) is 3.40. The van der Waals surface area contributed by atoms with E-state index in [2.05, 4.69) is 73.8 Å². The van der Waals surface area contributed by atoms with Gasteiger partial charge in [0, 0.05) is 0 Å². The number of hydrogen-bond acceptors (Lipinski definition) is 0. The van der Waals surface area contributed by atoms with Gasteiger partial charge in [-0.25, -0.2) is 0 Å². The van der Waals surface area contributed by atoms with Crippen molar-refractivity contribution in [3.05, 3.63) is 36.5 Å². The molecule has 1 aliphatic rings. The Labute approximate surface area is 134 Å². The van der Waals surface area contributed by atoms with Crippen LogP contribution in [0.25, 0.3) is 0 Å². The molecule has 21 heavy (non-hydrogen) atoms. The topological polar surface area (TPSA) is 0 Å². The Bertz CT molecular complexity index is 358. The van der Waals surface area contributed by atoms with Crippen molar-refractivity contribution in [3.8, 4) is 0 Å². The van der Waals surface area contributed by atoms with Crippen molar-refractivity contribution < 1.29 is 0 Å². The second kappa shape index (κ2) is 9.28. The SMILES string of the molecule is C=CC1=C(C=C)C(C)(C(C)CC)CC(C)C1C.CCCC. The molecule has 0 amide bonds. The van der Waals surface area contributed by atoms with Crippen LogP contribution in [0.15, 0.2) is 36.5 Å². The van der Waals surface area contributed by atoms with Crippen LogP contribution in [0.5, 0.6) is 0 Å². The summed E-state index contributed by atoms with van der Waals surface area (Å²) in [5, 5.41) is 0. The van der Waals surface area contributed by atoms with E-state index in [9.17, 15) is 0 Å². The molecule has 0 heterocycles. The molecule has 0 nitrogen and oxygen atoms in total. The van der Waals surface area contributed by atoms with Crippen LogP contribution in [0.1, 0.15) is 74.1 Å². The summed E-state index contributed by atoms with van der Waals surface area (Å²) in [6, 6.07) is 0. The smallest absolute Gasteiger partial charge is 0.00444 e. The second-order valence-electron chi connectivity index (χ2n) is 6.97. The molecule has 0 aromatic heterocycles. The Kier molecular flexibility index (Phi) is 8.94. The van der Waals surface area contributed by atoms with E-state index in [4.69, 9.17) is 0 Å². The second-order valence-corrected chi connectivity index (χ2v) is 6.97. The Hall–Kier alpha value is -0.780. The number of hydrogen-bond donors (Lipinski definition) is 0. The van der Waals surface area contributed by atoms with Crippen molar-refractivity contribution >= 4 is 0 Å². The van der Waals surface area contributed by atoms with E-state index in [0.717, 1.165) is 5.92 Å². The Morgan fingerprint density at radius 2 is 1.67 bits per heavy atom. The van der Waals surface area contributed by atoms with Gasteiger partial charge in [-0.2, -0.15) is 0 Å². The largest absolute Gasteiger partial charge is 0.0988 e. The maximum Gasteiger partial charge on any atom is -0.00444 e. The van der Waals surface area contributed by atoms with E-state index in [-0.39, 0.29) is 5.41 Å². The molecule has 0 aromatic rings. The van der Waals surface area contributed by atoms with Gasteiger partial charge in [-0.3, -0.25) is 0 Å². The number of allylic oxidation sites excluding steroid dienone is 4. The van der Waals surface area contributed by atoms with E-state index in [1.54, 1.807) is 0 Å². The van der Waals surface area contributed by atoms with Crippen molar-refractivity contribution in [1.29, 1.82) is 0 Å². The maximum atomic E-state index is 4.05. The standard InChI is InChI=1S/C17H28.C4H10/c1-8-13(5)17(7)11-12(4)14(6)15(9-2)16(17)10-3;1-3-4-2/h9-10,12-14H,2-3,8,11H2,1,4-7H3;3-4H2,1-2H3. The van der Waals surface area contributed by atoms with Gasteiger partial charge in [0.15, 0.2) is 0 Å². The lowest BCUT2D eigenvalue weighted by molar-refractivity contribution is 0.163. The highest BCUT2D eigenvalue weighted by Gasteiger charge is 2.41. The molecule has 0 radical (unpaired) electrons. The molecule has 4 atom stereocenters. The van der Waals surface area contributed by atoms with Crippen molar-refractivity contribution in [3.63, 3.8) is 0 Å². The lowest BCUT2D eigenvalue weighted by Crippen LogP contribution is -2.36. The normalized spacial score (nSPS) is 30.2. The zero-order valence-corrected chi connectivity index (χ0v) is 15.6. The van der Waals surface area contributed by atoms with Crippen LogP contribution < -0.4 is 0 Å². The summed E-state index contributed by atoms with van der Waals surface area (Å²) in [5.41, 5.74) is 3.13. The number of rotatable bonds is 5. The predicted molar refractivity (Wildman–Crippen MR) is 98.5 cm³/mol. The van der Waals surface area contributed by atoms with Gasteiger partial charge in [0.05, 0.1) is 0 Å². The summed E-state index contributed by atoms with van der Waals surface area (Å²) in [6.07, 6.45) is 9.25. The van der Waals surface area contributed by atoms with Crippen LogP contribution in [-0.4, -0.2) is 0 Å². The van der Waals surface area contributed by atoms with Crippen LogP contribution in [0.3, 0.4) is 0 Å². The summed E-state index contributed by atoms with van der Waals surface area (Å²) in [5.74, 6) is 2.03. The minimum Gasteiger partial charge on any atom is -0.0988 e. The van der Waals surface area contributed by atoms with E-state index in [1.807, 2.05) is 0 Å². The van der Waals surface area contributed by atoms with Gasteiger partial charge >= 0.3 is 0 Å². The fourth-order valence-electron chi connectivity index (χ4n) is 3.40. The molecule has 0 bridgehead atoms. The van der Waals surface area contributed by atoms with E-state index < -0.39 is 0 Å². The average molecular weight is 291 g/mol. The van der Waals surface area contributed by atoms with Crippen LogP contribution in [0, 0.1) is 23.2 Å². The molecule has 1 aliphatic carbocycles. The monoisotopic (exact) mass is 290 g/mol. The van der Waals surface area contributed by atoms with Crippen LogP contribution >= 0.6 is 0 Å². The lowest BCUT2D eigenvalue weighted by Gasteiger charge is -2.46. The highest BCUT2D eigenvalue weighted by atomic mass is 14.4. The molecule has 0 heteroatoms. The quantitative estimate of drug-likeness (QED) is 0.502. The molecule has 0 N–H and O–H groups in total. The van der Waals surface area contributed by atoms with Gasteiger partial charge in [0.25, 0.3) is 0 Å². The highest BCUT2D eigenvalue weighted by molar-refractivity contribution is 5.40. The summed E-state index contributed by atoms with van der Waals surface area (Å²) < 4.78 is 0. The van der Waals surface area contributed by atoms with Gasteiger partial charge < -0.3 is 0 Å². The van der Waals surface area contributed by atoms with Crippen molar-refractivity contribution in [2.45, 2.75) is 74.1 Å². The predicted octanol–water partition coefficient (Wildman–Crippen LogP) is 7.19. The molecule has 1 rings (SSSR count). The minimum atomic E-state index is 0.270. The summed E-state index contributed by atoms with van der Waals surface area (Å²) in [7, 11) is 0. The first kappa shape index (κ1) is 20.2. The van der Waals surface area contributed by atoms with Crippen molar-refractivity contribution in [2.75, 3.05) is 0 Å². The maximum absolute atomic E-state index is 4.05. The van der Waals surface area contributed by atoms with Gasteiger partial charge in [-0.05, 0) is 40.7 Å². The molecule has 0 spiro atoms. The Balaban J connectivity index is 0.000000885. The molecule has 0 fully saturated rings. The van der Waals surface area contributed by atoms with Crippen LogP contribution in [0.2, 0.25) is 0 Å². The third kappa shape index (κ3) is 4.59. The third-order valence-electron chi connectivity index (χ3n) is 5.64.